The van der Waals surface area contributed by atoms with E-state index >= 15 is 0 Å². The quantitative estimate of drug-likeness (QED) is 0.888. The fraction of sp³-hybridized carbons (Fsp3) is 0.182. The van der Waals surface area contributed by atoms with Crippen molar-refractivity contribution >= 4 is 10.0 Å². The van der Waals surface area contributed by atoms with Crippen LogP contribution in [-0.2, 0) is 10.0 Å². The van der Waals surface area contributed by atoms with Gasteiger partial charge in [-0.3, -0.25) is 0 Å². The summed E-state index contributed by atoms with van der Waals surface area (Å²) >= 11 is 0. The van der Waals surface area contributed by atoms with Gasteiger partial charge in [0.25, 0.3) is 0 Å². The highest BCUT2D eigenvalue weighted by Gasteiger charge is 2.18. The van der Waals surface area contributed by atoms with Crippen LogP contribution in [0.15, 0.2) is 41.4 Å². The molecule has 0 atom stereocenters. The van der Waals surface area contributed by atoms with E-state index in [-0.39, 0.29) is 4.90 Å². The molecule has 2 aromatic rings. The summed E-state index contributed by atoms with van der Waals surface area (Å²) in [6, 6.07) is 9.37. The van der Waals surface area contributed by atoms with Crippen molar-refractivity contribution in [1.82, 2.24) is 14.5 Å². The van der Waals surface area contributed by atoms with E-state index in [1.807, 2.05) is 30.3 Å². The number of rotatable bonds is 3. The second-order valence-electron chi connectivity index (χ2n) is 3.57. The SMILES string of the molecule is CNS(=O)(=O)c1cn(-c2ccccc2)nc1C. The Kier molecular flexibility index (Phi) is 2.99. The fourth-order valence-corrected chi connectivity index (χ4v) is 2.42. The fourth-order valence-electron chi connectivity index (χ4n) is 1.53. The van der Waals surface area contributed by atoms with Crippen LogP contribution in [0, 0.1) is 6.92 Å². The molecule has 1 aromatic carbocycles. The smallest absolute Gasteiger partial charge is 0.239 e. The van der Waals surface area contributed by atoms with Crippen molar-refractivity contribution in [1.29, 1.82) is 0 Å². The second-order valence-corrected chi connectivity index (χ2v) is 5.42. The van der Waals surface area contributed by atoms with E-state index < -0.39 is 10.0 Å². The van der Waals surface area contributed by atoms with Gasteiger partial charge in [-0.1, -0.05) is 18.2 Å². The van der Waals surface area contributed by atoms with Gasteiger partial charge in [0.15, 0.2) is 0 Å². The molecular weight excluding hydrogens is 238 g/mol. The second kappa shape index (κ2) is 4.31. The molecule has 0 spiro atoms. The third kappa shape index (κ3) is 2.22. The van der Waals surface area contributed by atoms with Gasteiger partial charge in [-0.05, 0) is 26.1 Å². The molecular formula is C11H13N3O2S. The van der Waals surface area contributed by atoms with Gasteiger partial charge in [0.2, 0.25) is 10.0 Å². The first-order valence-electron chi connectivity index (χ1n) is 5.10. The van der Waals surface area contributed by atoms with Crippen molar-refractivity contribution in [3.8, 4) is 5.69 Å². The lowest BCUT2D eigenvalue weighted by Gasteiger charge is -1.99. The van der Waals surface area contributed by atoms with Crippen molar-refractivity contribution < 1.29 is 8.42 Å². The molecule has 0 amide bonds. The largest absolute Gasteiger partial charge is 0.243 e. The summed E-state index contributed by atoms with van der Waals surface area (Å²) in [4.78, 5) is 0.198. The lowest BCUT2D eigenvalue weighted by molar-refractivity contribution is 0.587. The zero-order valence-corrected chi connectivity index (χ0v) is 10.4. The maximum absolute atomic E-state index is 11.7. The van der Waals surface area contributed by atoms with Crippen LogP contribution < -0.4 is 4.72 Å². The molecule has 5 nitrogen and oxygen atoms in total. The van der Waals surface area contributed by atoms with Gasteiger partial charge < -0.3 is 0 Å². The number of sulfonamides is 1. The summed E-state index contributed by atoms with van der Waals surface area (Å²) in [5, 5.41) is 4.19. The number of benzene rings is 1. The van der Waals surface area contributed by atoms with E-state index in [0.29, 0.717) is 5.69 Å². The number of aromatic nitrogens is 2. The van der Waals surface area contributed by atoms with Crippen LogP contribution in [0.25, 0.3) is 5.69 Å². The topological polar surface area (TPSA) is 64.0 Å². The molecule has 2 rings (SSSR count). The minimum atomic E-state index is -3.45. The predicted molar refractivity (Wildman–Crippen MR) is 64.5 cm³/mol. The van der Waals surface area contributed by atoms with Gasteiger partial charge in [-0.2, -0.15) is 5.10 Å². The lowest BCUT2D eigenvalue weighted by atomic mass is 10.3. The monoisotopic (exact) mass is 251 g/mol. The molecule has 0 saturated heterocycles. The predicted octanol–water partition coefficient (Wildman–Crippen LogP) is 1.09. The molecule has 0 fully saturated rings. The summed E-state index contributed by atoms with van der Waals surface area (Å²) < 4.78 is 27.2. The Hall–Kier alpha value is -1.66. The molecule has 6 heteroatoms. The first kappa shape index (κ1) is 11.8. The number of aryl methyl sites for hydroxylation is 1. The molecule has 17 heavy (non-hydrogen) atoms. The molecule has 1 heterocycles. The highest BCUT2D eigenvalue weighted by Crippen LogP contribution is 2.15. The molecule has 0 bridgehead atoms. The minimum Gasteiger partial charge on any atom is -0.239 e. The Morgan fingerprint density at radius 2 is 1.88 bits per heavy atom. The summed E-state index contributed by atoms with van der Waals surface area (Å²) in [6.45, 7) is 1.67. The van der Waals surface area contributed by atoms with Gasteiger partial charge in [0.1, 0.15) is 4.90 Å². The molecule has 90 valence electrons. The van der Waals surface area contributed by atoms with E-state index in [0.717, 1.165) is 5.69 Å². The molecule has 0 aliphatic rings. The van der Waals surface area contributed by atoms with E-state index in [4.69, 9.17) is 0 Å². The van der Waals surface area contributed by atoms with Crippen molar-refractivity contribution in [2.75, 3.05) is 7.05 Å². The molecule has 0 aliphatic heterocycles. The van der Waals surface area contributed by atoms with Crippen molar-refractivity contribution in [3.63, 3.8) is 0 Å². The molecule has 0 saturated carbocycles. The maximum atomic E-state index is 11.7. The van der Waals surface area contributed by atoms with Crippen LogP contribution in [0.5, 0.6) is 0 Å². The number of nitrogens with one attached hydrogen (secondary N) is 1. The van der Waals surface area contributed by atoms with Gasteiger partial charge in [-0.15, -0.1) is 0 Å². The molecule has 1 N–H and O–H groups in total. The normalized spacial score (nSPS) is 11.6. The van der Waals surface area contributed by atoms with Gasteiger partial charge in [0.05, 0.1) is 17.6 Å². The highest BCUT2D eigenvalue weighted by molar-refractivity contribution is 7.89. The van der Waals surface area contributed by atoms with E-state index in [1.165, 1.54) is 13.2 Å². The third-order valence-corrected chi connectivity index (χ3v) is 3.95. The van der Waals surface area contributed by atoms with Gasteiger partial charge in [-0.25, -0.2) is 17.8 Å². The van der Waals surface area contributed by atoms with Crippen molar-refractivity contribution in [2.24, 2.45) is 0 Å². The Morgan fingerprint density at radius 1 is 1.24 bits per heavy atom. The summed E-state index contributed by atoms with van der Waals surface area (Å²) in [5.41, 5.74) is 1.30. The Labute approximate surface area is 100 Å². The van der Waals surface area contributed by atoms with E-state index in [1.54, 1.807) is 11.6 Å². The van der Waals surface area contributed by atoms with Crippen LogP contribution in [-0.4, -0.2) is 25.2 Å². The zero-order chi connectivity index (χ0) is 12.5. The number of nitrogens with zero attached hydrogens (tertiary/aromatic N) is 2. The van der Waals surface area contributed by atoms with Gasteiger partial charge >= 0.3 is 0 Å². The molecule has 0 unspecified atom stereocenters. The number of hydrogen-bond donors (Lipinski definition) is 1. The lowest BCUT2D eigenvalue weighted by Crippen LogP contribution is -2.18. The first-order valence-corrected chi connectivity index (χ1v) is 6.58. The van der Waals surface area contributed by atoms with Crippen molar-refractivity contribution in [3.05, 3.63) is 42.2 Å². The zero-order valence-electron chi connectivity index (χ0n) is 9.58. The maximum Gasteiger partial charge on any atom is 0.243 e. The minimum absolute atomic E-state index is 0.198. The van der Waals surface area contributed by atoms with Gasteiger partial charge in [0, 0.05) is 0 Å². The number of hydrogen-bond acceptors (Lipinski definition) is 3. The van der Waals surface area contributed by atoms with E-state index in [2.05, 4.69) is 9.82 Å². The average molecular weight is 251 g/mol. The first-order chi connectivity index (χ1) is 8.04. The van der Waals surface area contributed by atoms with Crippen LogP contribution in [0.3, 0.4) is 0 Å². The average Bonchev–Trinajstić information content (AvgIpc) is 2.73. The molecule has 0 aliphatic carbocycles. The van der Waals surface area contributed by atoms with Crippen LogP contribution in [0.1, 0.15) is 5.69 Å². The summed E-state index contributed by atoms with van der Waals surface area (Å²) in [7, 11) is -2.07. The van der Waals surface area contributed by atoms with E-state index in [9.17, 15) is 8.42 Å². The molecule has 0 radical (unpaired) electrons. The Morgan fingerprint density at radius 3 is 2.47 bits per heavy atom. The van der Waals surface area contributed by atoms with Crippen molar-refractivity contribution in [2.45, 2.75) is 11.8 Å². The summed E-state index contributed by atoms with van der Waals surface area (Å²) in [6.07, 6.45) is 1.51. The Bertz CT molecular complexity index is 617. The standard InChI is InChI=1S/C11H13N3O2S/c1-9-11(17(15,16)12-2)8-14(13-9)10-6-4-3-5-7-10/h3-8,12H,1-2H3. The van der Waals surface area contributed by atoms with Crippen LogP contribution >= 0.6 is 0 Å². The Balaban J connectivity index is 2.52. The van der Waals surface area contributed by atoms with Crippen LogP contribution in [0.2, 0.25) is 0 Å². The summed E-state index contributed by atoms with van der Waals surface area (Å²) in [5.74, 6) is 0. The number of para-hydroxylation sites is 1. The third-order valence-electron chi connectivity index (χ3n) is 2.43. The van der Waals surface area contributed by atoms with Crippen LogP contribution in [0.4, 0.5) is 0 Å². The molecule has 1 aromatic heterocycles. The highest BCUT2D eigenvalue weighted by atomic mass is 32.2.